The highest BCUT2D eigenvalue weighted by atomic mass is 16.5. The first-order valence-electron chi connectivity index (χ1n) is 5.30. The van der Waals surface area contributed by atoms with Crippen LogP contribution in [0.1, 0.15) is 32.1 Å². The van der Waals surface area contributed by atoms with Gasteiger partial charge in [-0.2, -0.15) is 0 Å². The molecule has 1 fully saturated rings. The Labute approximate surface area is 84.5 Å². The van der Waals surface area contributed by atoms with Crippen LogP contribution in [0.3, 0.4) is 0 Å². The number of ether oxygens (including phenoxy) is 1. The minimum Gasteiger partial charge on any atom is -0.508 e. The standard InChI is InChI=1S/C12H16O2/c13-10-6-8-12(9-7-10)14-11-4-2-1-3-5-11/h6-9,11,13H,1-5H2. The summed E-state index contributed by atoms with van der Waals surface area (Å²) in [7, 11) is 0. The van der Waals surface area contributed by atoms with E-state index in [4.69, 9.17) is 9.84 Å². The largest absolute Gasteiger partial charge is 0.508 e. The maximum absolute atomic E-state index is 9.11. The van der Waals surface area contributed by atoms with Gasteiger partial charge < -0.3 is 9.84 Å². The zero-order valence-corrected chi connectivity index (χ0v) is 8.28. The van der Waals surface area contributed by atoms with E-state index < -0.39 is 0 Å². The Balaban J connectivity index is 1.92. The fourth-order valence-corrected chi connectivity index (χ4v) is 1.90. The average molecular weight is 192 g/mol. The van der Waals surface area contributed by atoms with E-state index in [2.05, 4.69) is 0 Å². The molecule has 0 aromatic heterocycles. The quantitative estimate of drug-likeness (QED) is 0.780. The Kier molecular flexibility index (Phi) is 2.92. The van der Waals surface area contributed by atoms with Gasteiger partial charge in [0.25, 0.3) is 0 Å². The second-order valence-electron chi connectivity index (χ2n) is 3.87. The van der Waals surface area contributed by atoms with E-state index in [1.807, 2.05) is 12.1 Å². The molecule has 0 aliphatic heterocycles. The Morgan fingerprint density at radius 1 is 1.00 bits per heavy atom. The van der Waals surface area contributed by atoms with Crippen LogP contribution in [0.5, 0.6) is 11.5 Å². The van der Waals surface area contributed by atoms with Crippen LogP contribution in [-0.4, -0.2) is 11.2 Å². The molecule has 1 aromatic rings. The van der Waals surface area contributed by atoms with E-state index in [1.54, 1.807) is 12.1 Å². The van der Waals surface area contributed by atoms with E-state index in [0.29, 0.717) is 11.9 Å². The molecular weight excluding hydrogens is 176 g/mol. The van der Waals surface area contributed by atoms with Crippen molar-refractivity contribution in [3.05, 3.63) is 24.3 Å². The summed E-state index contributed by atoms with van der Waals surface area (Å²) in [5, 5.41) is 9.11. The minimum absolute atomic E-state index is 0.293. The van der Waals surface area contributed by atoms with Crippen molar-refractivity contribution in [2.75, 3.05) is 0 Å². The van der Waals surface area contributed by atoms with Gasteiger partial charge in [0.15, 0.2) is 0 Å². The van der Waals surface area contributed by atoms with Crippen LogP contribution in [0.15, 0.2) is 24.3 Å². The SMILES string of the molecule is Oc1ccc(OC2CCCCC2)cc1. The van der Waals surface area contributed by atoms with Crippen molar-refractivity contribution < 1.29 is 9.84 Å². The first-order chi connectivity index (χ1) is 6.84. The lowest BCUT2D eigenvalue weighted by molar-refractivity contribution is 0.155. The lowest BCUT2D eigenvalue weighted by atomic mass is 9.98. The predicted octanol–water partition coefficient (Wildman–Crippen LogP) is 3.10. The third kappa shape index (κ3) is 2.41. The summed E-state index contributed by atoms with van der Waals surface area (Å²) in [5.41, 5.74) is 0. The molecule has 1 N–H and O–H groups in total. The molecule has 0 unspecified atom stereocenters. The molecule has 2 nitrogen and oxygen atoms in total. The zero-order chi connectivity index (χ0) is 9.80. The molecule has 2 rings (SSSR count). The number of benzene rings is 1. The highest BCUT2D eigenvalue weighted by Crippen LogP contribution is 2.24. The number of aromatic hydroxyl groups is 1. The van der Waals surface area contributed by atoms with Gasteiger partial charge in [0.1, 0.15) is 11.5 Å². The monoisotopic (exact) mass is 192 g/mol. The third-order valence-electron chi connectivity index (χ3n) is 2.69. The van der Waals surface area contributed by atoms with E-state index >= 15 is 0 Å². The van der Waals surface area contributed by atoms with E-state index in [0.717, 1.165) is 5.75 Å². The second kappa shape index (κ2) is 4.36. The number of hydrogen-bond donors (Lipinski definition) is 1. The van der Waals surface area contributed by atoms with Crippen LogP contribution in [0.2, 0.25) is 0 Å². The third-order valence-corrected chi connectivity index (χ3v) is 2.69. The average Bonchev–Trinajstić information content (AvgIpc) is 2.23. The van der Waals surface area contributed by atoms with Crippen molar-refractivity contribution in [2.45, 2.75) is 38.2 Å². The fourth-order valence-electron chi connectivity index (χ4n) is 1.90. The molecule has 0 atom stereocenters. The highest BCUT2D eigenvalue weighted by Gasteiger charge is 2.14. The van der Waals surface area contributed by atoms with Gasteiger partial charge in [-0.25, -0.2) is 0 Å². The molecule has 0 amide bonds. The molecule has 0 heterocycles. The summed E-state index contributed by atoms with van der Waals surface area (Å²) in [6.07, 6.45) is 6.62. The molecule has 14 heavy (non-hydrogen) atoms. The van der Waals surface area contributed by atoms with Crippen LogP contribution in [0, 0.1) is 0 Å². The van der Waals surface area contributed by atoms with Crippen LogP contribution in [0.25, 0.3) is 0 Å². The molecule has 0 saturated heterocycles. The lowest BCUT2D eigenvalue weighted by Crippen LogP contribution is -2.19. The van der Waals surface area contributed by atoms with Crippen LogP contribution < -0.4 is 4.74 Å². The van der Waals surface area contributed by atoms with Crippen molar-refractivity contribution >= 4 is 0 Å². The second-order valence-corrected chi connectivity index (χ2v) is 3.87. The van der Waals surface area contributed by atoms with E-state index in [9.17, 15) is 0 Å². The Morgan fingerprint density at radius 2 is 1.64 bits per heavy atom. The summed E-state index contributed by atoms with van der Waals surface area (Å²) in [6, 6.07) is 6.98. The van der Waals surface area contributed by atoms with Crippen molar-refractivity contribution in [2.24, 2.45) is 0 Å². The summed E-state index contributed by atoms with van der Waals surface area (Å²) < 4.78 is 5.80. The van der Waals surface area contributed by atoms with Gasteiger partial charge >= 0.3 is 0 Å². The van der Waals surface area contributed by atoms with Crippen molar-refractivity contribution in [3.8, 4) is 11.5 Å². The van der Waals surface area contributed by atoms with Crippen molar-refractivity contribution in [1.82, 2.24) is 0 Å². The summed E-state index contributed by atoms with van der Waals surface area (Å²) >= 11 is 0. The maximum Gasteiger partial charge on any atom is 0.119 e. The van der Waals surface area contributed by atoms with Gasteiger partial charge in [-0.3, -0.25) is 0 Å². The predicted molar refractivity (Wildman–Crippen MR) is 55.6 cm³/mol. The zero-order valence-electron chi connectivity index (χ0n) is 8.28. The number of phenolic OH excluding ortho intramolecular Hbond substituents is 1. The molecule has 1 aliphatic carbocycles. The van der Waals surface area contributed by atoms with Crippen LogP contribution >= 0.6 is 0 Å². The Bertz CT molecular complexity index is 273. The molecule has 0 bridgehead atoms. The Morgan fingerprint density at radius 3 is 2.29 bits per heavy atom. The molecule has 0 radical (unpaired) electrons. The number of hydrogen-bond acceptors (Lipinski definition) is 2. The first kappa shape index (κ1) is 9.38. The van der Waals surface area contributed by atoms with Gasteiger partial charge in [0.2, 0.25) is 0 Å². The van der Waals surface area contributed by atoms with Crippen molar-refractivity contribution in [1.29, 1.82) is 0 Å². The molecule has 2 heteroatoms. The molecule has 76 valence electrons. The molecule has 1 aliphatic rings. The van der Waals surface area contributed by atoms with Crippen LogP contribution in [-0.2, 0) is 0 Å². The smallest absolute Gasteiger partial charge is 0.119 e. The molecular formula is C12H16O2. The maximum atomic E-state index is 9.11. The fraction of sp³-hybridized carbons (Fsp3) is 0.500. The van der Waals surface area contributed by atoms with Gasteiger partial charge in [-0.1, -0.05) is 6.42 Å². The number of rotatable bonds is 2. The van der Waals surface area contributed by atoms with E-state index in [-0.39, 0.29) is 0 Å². The topological polar surface area (TPSA) is 29.5 Å². The number of phenols is 1. The van der Waals surface area contributed by atoms with Gasteiger partial charge in [0, 0.05) is 0 Å². The van der Waals surface area contributed by atoms with Gasteiger partial charge in [-0.05, 0) is 49.9 Å². The lowest BCUT2D eigenvalue weighted by Gasteiger charge is -2.22. The molecule has 1 aromatic carbocycles. The van der Waals surface area contributed by atoms with Gasteiger partial charge in [-0.15, -0.1) is 0 Å². The summed E-state index contributed by atoms with van der Waals surface area (Å²) in [6.45, 7) is 0. The van der Waals surface area contributed by atoms with Crippen molar-refractivity contribution in [3.63, 3.8) is 0 Å². The highest BCUT2D eigenvalue weighted by molar-refractivity contribution is 5.30. The van der Waals surface area contributed by atoms with E-state index in [1.165, 1.54) is 32.1 Å². The van der Waals surface area contributed by atoms with Gasteiger partial charge in [0.05, 0.1) is 6.10 Å². The summed E-state index contributed by atoms with van der Waals surface area (Å²) in [4.78, 5) is 0. The molecule has 0 spiro atoms. The summed E-state index contributed by atoms with van der Waals surface area (Å²) in [5.74, 6) is 1.16. The first-order valence-corrected chi connectivity index (χ1v) is 5.30. The normalized spacial score (nSPS) is 18.0. The molecule has 1 saturated carbocycles. The van der Waals surface area contributed by atoms with Crippen LogP contribution in [0.4, 0.5) is 0 Å². The minimum atomic E-state index is 0.293. The Hall–Kier alpha value is -1.18.